The topological polar surface area (TPSA) is 119 Å². The Hall–Kier alpha value is -3.40. The van der Waals surface area contributed by atoms with Gasteiger partial charge in [0.1, 0.15) is 0 Å². The van der Waals surface area contributed by atoms with Gasteiger partial charge < -0.3 is 14.8 Å². The Bertz CT molecular complexity index is 1160. The van der Waals surface area contributed by atoms with E-state index in [9.17, 15) is 22.8 Å². The molecular formula is C23H28N2O7S. The summed E-state index contributed by atoms with van der Waals surface area (Å²) in [6, 6.07) is 9.44. The smallest absolute Gasteiger partial charge is 0.339 e. The number of benzene rings is 2. The summed E-state index contributed by atoms with van der Waals surface area (Å²) < 4.78 is 35.3. The minimum absolute atomic E-state index is 0.0140. The molecule has 0 fully saturated rings. The monoisotopic (exact) mass is 476 g/mol. The molecule has 0 saturated heterocycles. The Morgan fingerprint density at radius 1 is 0.939 bits per heavy atom. The molecule has 9 nitrogen and oxygen atoms in total. The molecule has 0 bridgehead atoms. The quantitative estimate of drug-likeness (QED) is 0.553. The summed E-state index contributed by atoms with van der Waals surface area (Å²) in [5.74, 6) is -1.76. The normalized spacial score (nSPS) is 10.9. The minimum atomic E-state index is -3.55. The van der Waals surface area contributed by atoms with Crippen molar-refractivity contribution in [3.8, 4) is 0 Å². The molecule has 0 aliphatic rings. The fraction of sp³-hybridized carbons (Fsp3) is 0.348. The molecule has 1 N–H and O–H groups in total. The van der Waals surface area contributed by atoms with Gasteiger partial charge in [0.25, 0.3) is 0 Å². The first-order chi connectivity index (χ1) is 15.5. The van der Waals surface area contributed by atoms with Gasteiger partial charge in [0, 0.05) is 13.0 Å². The van der Waals surface area contributed by atoms with Gasteiger partial charge in [-0.2, -0.15) is 0 Å². The van der Waals surface area contributed by atoms with Crippen LogP contribution < -0.4 is 9.62 Å². The van der Waals surface area contributed by atoms with E-state index < -0.39 is 27.9 Å². The molecule has 0 saturated carbocycles. The molecule has 0 unspecified atom stereocenters. The molecule has 33 heavy (non-hydrogen) atoms. The zero-order valence-corrected chi connectivity index (χ0v) is 20.1. The van der Waals surface area contributed by atoms with Crippen LogP contribution in [0.4, 0.5) is 11.4 Å². The van der Waals surface area contributed by atoms with Crippen molar-refractivity contribution in [3.05, 3.63) is 58.7 Å². The van der Waals surface area contributed by atoms with Crippen LogP contribution in [0.25, 0.3) is 0 Å². The Kier molecular flexibility index (Phi) is 8.58. The van der Waals surface area contributed by atoms with E-state index in [-0.39, 0.29) is 36.2 Å². The lowest BCUT2D eigenvalue weighted by atomic mass is 10.1. The first-order valence-electron chi connectivity index (χ1n) is 10.1. The van der Waals surface area contributed by atoms with Crippen LogP contribution in [0, 0.1) is 13.8 Å². The number of ether oxygens (including phenoxy) is 2. The Morgan fingerprint density at radius 3 is 2.18 bits per heavy atom. The molecule has 0 heterocycles. The Balaban J connectivity index is 2.14. The number of aryl methyl sites for hydroxylation is 2. The average molecular weight is 477 g/mol. The second-order valence-corrected chi connectivity index (χ2v) is 9.41. The average Bonchev–Trinajstić information content (AvgIpc) is 2.76. The van der Waals surface area contributed by atoms with Crippen molar-refractivity contribution < 1.29 is 32.3 Å². The van der Waals surface area contributed by atoms with Crippen molar-refractivity contribution in [2.45, 2.75) is 26.7 Å². The van der Waals surface area contributed by atoms with E-state index in [0.717, 1.165) is 17.4 Å². The molecule has 178 valence electrons. The van der Waals surface area contributed by atoms with Gasteiger partial charge in [0.05, 0.1) is 43.0 Å². The first kappa shape index (κ1) is 25.9. The fourth-order valence-corrected chi connectivity index (χ4v) is 4.10. The van der Waals surface area contributed by atoms with Crippen LogP contribution in [0.2, 0.25) is 0 Å². The van der Waals surface area contributed by atoms with Crippen LogP contribution in [0.1, 0.15) is 44.7 Å². The second kappa shape index (κ2) is 11.0. The lowest BCUT2D eigenvalue weighted by molar-refractivity contribution is -0.116. The van der Waals surface area contributed by atoms with Gasteiger partial charge in [0.2, 0.25) is 15.9 Å². The maximum Gasteiger partial charge on any atom is 0.339 e. The van der Waals surface area contributed by atoms with Gasteiger partial charge in [-0.05, 0) is 61.7 Å². The van der Waals surface area contributed by atoms with Crippen LogP contribution >= 0.6 is 0 Å². The molecular weight excluding hydrogens is 448 g/mol. The van der Waals surface area contributed by atoms with Crippen LogP contribution in [-0.2, 0) is 24.3 Å². The first-order valence-corrected chi connectivity index (χ1v) is 12.0. The molecule has 2 aromatic carbocycles. The van der Waals surface area contributed by atoms with Gasteiger partial charge in [-0.15, -0.1) is 0 Å². The Morgan fingerprint density at radius 2 is 1.61 bits per heavy atom. The highest BCUT2D eigenvalue weighted by atomic mass is 32.2. The molecule has 0 aliphatic carbocycles. The molecule has 0 aromatic heterocycles. The van der Waals surface area contributed by atoms with E-state index in [1.807, 2.05) is 19.9 Å². The van der Waals surface area contributed by atoms with E-state index in [2.05, 4.69) is 10.1 Å². The summed E-state index contributed by atoms with van der Waals surface area (Å²) in [6.45, 7) is 3.93. The highest BCUT2D eigenvalue weighted by molar-refractivity contribution is 7.92. The number of nitrogens with zero attached hydrogens (tertiary/aromatic N) is 1. The maximum absolute atomic E-state index is 12.5. The van der Waals surface area contributed by atoms with Gasteiger partial charge in [0.15, 0.2) is 0 Å². The van der Waals surface area contributed by atoms with E-state index in [1.165, 1.54) is 36.7 Å². The van der Waals surface area contributed by atoms with Gasteiger partial charge >= 0.3 is 11.9 Å². The largest absolute Gasteiger partial charge is 0.465 e. The van der Waals surface area contributed by atoms with Crippen LogP contribution in [0.15, 0.2) is 36.4 Å². The van der Waals surface area contributed by atoms with Crippen molar-refractivity contribution in [1.82, 2.24) is 0 Å². The fourth-order valence-electron chi connectivity index (χ4n) is 3.14. The third kappa shape index (κ3) is 6.79. The number of methoxy groups -OCH3 is 2. The summed E-state index contributed by atoms with van der Waals surface area (Å²) in [5, 5.41) is 2.60. The van der Waals surface area contributed by atoms with Crippen LogP contribution in [-0.4, -0.2) is 53.3 Å². The Labute approximate surface area is 193 Å². The van der Waals surface area contributed by atoms with Crippen molar-refractivity contribution in [3.63, 3.8) is 0 Å². The number of esters is 2. The third-order valence-corrected chi connectivity index (χ3v) is 6.26. The number of carbonyl (C=O) groups excluding carboxylic acids is 3. The lowest BCUT2D eigenvalue weighted by Crippen LogP contribution is -2.31. The number of carbonyl (C=O) groups is 3. The summed E-state index contributed by atoms with van der Waals surface area (Å²) in [7, 11) is -1.13. The van der Waals surface area contributed by atoms with Crippen LogP contribution in [0.3, 0.4) is 0 Å². The molecule has 0 spiro atoms. The molecule has 0 atom stereocenters. The van der Waals surface area contributed by atoms with Crippen molar-refractivity contribution in [2.75, 3.05) is 36.6 Å². The molecule has 2 aromatic rings. The van der Waals surface area contributed by atoms with E-state index in [0.29, 0.717) is 5.69 Å². The highest BCUT2D eigenvalue weighted by Crippen LogP contribution is 2.23. The standard InChI is InChI=1S/C23H28N2O7S/c1-15-8-10-18(13-16(15)2)25(33(5,29)30)12-6-7-21(26)24-20-14-17(22(27)31-3)9-11-19(20)23(28)32-4/h8-11,13-14H,6-7,12H2,1-5H3,(H,24,26). The molecule has 2 rings (SSSR count). The second-order valence-electron chi connectivity index (χ2n) is 7.50. The van der Waals surface area contributed by atoms with Gasteiger partial charge in [-0.3, -0.25) is 9.10 Å². The number of sulfonamides is 1. The van der Waals surface area contributed by atoms with Gasteiger partial charge in [-0.25, -0.2) is 18.0 Å². The van der Waals surface area contributed by atoms with Crippen molar-refractivity contribution in [1.29, 1.82) is 0 Å². The summed E-state index contributed by atoms with van der Waals surface area (Å²) in [5.41, 5.74) is 2.86. The molecule has 0 radical (unpaired) electrons. The van der Waals surface area contributed by atoms with Crippen molar-refractivity contribution >= 4 is 39.2 Å². The maximum atomic E-state index is 12.5. The number of hydrogen-bond donors (Lipinski definition) is 1. The molecule has 1 amide bonds. The zero-order chi connectivity index (χ0) is 24.8. The summed E-state index contributed by atoms with van der Waals surface area (Å²) in [6.07, 6.45) is 1.33. The number of rotatable bonds is 9. The number of anilines is 2. The van der Waals surface area contributed by atoms with E-state index >= 15 is 0 Å². The van der Waals surface area contributed by atoms with Gasteiger partial charge in [-0.1, -0.05) is 6.07 Å². The summed E-state index contributed by atoms with van der Waals surface area (Å²) in [4.78, 5) is 36.4. The van der Waals surface area contributed by atoms with Crippen molar-refractivity contribution in [2.24, 2.45) is 0 Å². The lowest BCUT2D eigenvalue weighted by Gasteiger charge is -2.23. The SMILES string of the molecule is COC(=O)c1ccc(C(=O)OC)c(NC(=O)CCCN(c2ccc(C)c(C)c2)S(C)(=O)=O)c1. The summed E-state index contributed by atoms with van der Waals surface area (Å²) >= 11 is 0. The zero-order valence-electron chi connectivity index (χ0n) is 19.3. The minimum Gasteiger partial charge on any atom is -0.465 e. The van der Waals surface area contributed by atoms with E-state index in [1.54, 1.807) is 12.1 Å². The molecule has 0 aliphatic heterocycles. The third-order valence-electron chi connectivity index (χ3n) is 5.06. The number of hydrogen-bond acceptors (Lipinski definition) is 7. The number of nitrogens with one attached hydrogen (secondary N) is 1. The van der Waals surface area contributed by atoms with Crippen LogP contribution in [0.5, 0.6) is 0 Å². The number of amides is 1. The van der Waals surface area contributed by atoms with E-state index in [4.69, 9.17) is 4.74 Å². The predicted octanol–water partition coefficient (Wildman–Crippen LogP) is 3.06. The molecule has 10 heteroatoms. The highest BCUT2D eigenvalue weighted by Gasteiger charge is 2.20. The predicted molar refractivity (Wildman–Crippen MR) is 125 cm³/mol.